The molecule has 2 aromatic rings. The number of aryl methyl sites for hydroxylation is 1. The molecule has 1 aliphatic heterocycles. The Balaban J connectivity index is 1.43. The summed E-state index contributed by atoms with van der Waals surface area (Å²) in [6.45, 7) is 0. The van der Waals surface area contributed by atoms with Gasteiger partial charge in [0.1, 0.15) is 17.6 Å². The number of ether oxygens (including phenoxy) is 1. The molecule has 1 aromatic heterocycles. The first-order valence-corrected chi connectivity index (χ1v) is 10.2. The average molecular weight is 381 g/mol. The number of methoxy groups -OCH3 is 1. The summed E-state index contributed by atoms with van der Waals surface area (Å²) in [5.41, 5.74) is 1.02. The van der Waals surface area contributed by atoms with E-state index in [1.54, 1.807) is 0 Å². The highest BCUT2D eigenvalue weighted by molar-refractivity contribution is 5.85. The number of likely N-dealkylation sites (tertiary alicyclic amines) is 1. The smallest absolute Gasteiger partial charge is 0.328 e. The highest BCUT2D eigenvalue weighted by Gasteiger charge is 2.47. The van der Waals surface area contributed by atoms with Crippen molar-refractivity contribution >= 4 is 11.9 Å². The lowest BCUT2D eigenvalue weighted by Gasteiger charge is -2.33. The third-order valence-electron chi connectivity index (χ3n) is 6.15. The van der Waals surface area contributed by atoms with Crippen molar-refractivity contribution in [2.75, 3.05) is 7.11 Å². The van der Waals surface area contributed by atoms with E-state index in [2.05, 4.69) is 0 Å². The first-order chi connectivity index (χ1) is 13.7. The molecule has 148 valence electrons. The van der Waals surface area contributed by atoms with E-state index in [1.807, 2.05) is 47.4 Å². The van der Waals surface area contributed by atoms with Gasteiger partial charge < -0.3 is 14.1 Å². The molecular weight excluding hydrogens is 354 g/mol. The molecule has 5 heteroatoms. The number of hydrogen-bond donors (Lipinski definition) is 0. The van der Waals surface area contributed by atoms with Gasteiger partial charge in [0.05, 0.1) is 7.11 Å². The lowest BCUT2D eigenvalue weighted by molar-refractivity contribution is -0.152. The Hall–Kier alpha value is -2.56. The maximum atomic E-state index is 13.1. The fraction of sp³-hybridized carbons (Fsp3) is 0.478. The predicted octanol–water partition coefficient (Wildman–Crippen LogP) is 4.21. The predicted molar refractivity (Wildman–Crippen MR) is 105 cm³/mol. The molecule has 3 unspecified atom stereocenters. The lowest BCUT2D eigenvalue weighted by atomic mass is 9.84. The maximum Gasteiger partial charge on any atom is 0.328 e. The number of carbonyl (C=O) groups excluding carboxylic acids is 2. The second-order valence-corrected chi connectivity index (χ2v) is 7.82. The third-order valence-corrected chi connectivity index (χ3v) is 6.15. The number of benzene rings is 1. The summed E-state index contributed by atoms with van der Waals surface area (Å²) in [5.74, 6) is 1.77. The number of carbonyl (C=O) groups is 2. The van der Waals surface area contributed by atoms with Crippen molar-refractivity contribution in [1.82, 2.24) is 4.90 Å². The number of amides is 1. The number of fused-ring (bicyclic) bond motifs is 1. The molecule has 2 aliphatic rings. The van der Waals surface area contributed by atoms with Gasteiger partial charge in [-0.1, -0.05) is 43.2 Å². The molecule has 2 heterocycles. The van der Waals surface area contributed by atoms with E-state index < -0.39 is 6.04 Å². The van der Waals surface area contributed by atoms with Gasteiger partial charge in [0.25, 0.3) is 0 Å². The van der Waals surface area contributed by atoms with E-state index in [1.165, 1.54) is 13.5 Å². The standard InChI is InChI=1S/C23H27NO4/c1-27-23(26)20-15-17-9-5-6-10-19(17)24(20)22(25)14-12-18-11-13-21(28-18)16-7-3-2-4-8-16/h2-4,7-8,11,13,17,19-20H,5-6,9-10,12,14-15H2,1H3. The molecule has 1 amide bonds. The SMILES string of the molecule is COC(=O)C1CC2CCCCC2N1C(=O)CCc1ccc(-c2ccccc2)o1. The van der Waals surface area contributed by atoms with Crippen LogP contribution in [0.4, 0.5) is 0 Å². The largest absolute Gasteiger partial charge is 0.467 e. The van der Waals surface area contributed by atoms with Gasteiger partial charge in [-0.05, 0) is 37.3 Å². The average Bonchev–Trinajstić information content (AvgIpc) is 3.37. The zero-order valence-corrected chi connectivity index (χ0v) is 16.3. The van der Waals surface area contributed by atoms with E-state index >= 15 is 0 Å². The Morgan fingerprint density at radius 2 is 1.89 bits per heavy atom. The quantitative estimate of drug-likeness (QED) is 0.728. The van der Waals surface area contributed by atoms with Gasteiger partial charge >= 0.3 is 5.97 Å². The van der Waals surface area contributed by atoms with Crippen LogP contribution in [-0.4, -0.2) is 36.0 Å². The summed E-state index contributed by atoms with van der Waals surface area (Å²) in [6, 6.07) is 13.6. The minimum atomic E-state index is -0.429. The van der Waals surface area contributed by atoms with Crippen molar-refractivity contribution in [2.24, 2.45) is 5.92 Å². The number of nitrogens with zero attached hydrogens (tertiary/aromatic N) is 1. The van der Waals surface area contributed by atoms with Crippen molar-refractivity contribution in [2.45, 2.75) is 57.0 Å². The van der Waals surface area contributed by atoms with Crippen LogP contribution in [0.15, 0.2) is 46.9 Å². The minimum absolute atomic E-state index is 0.0301. The zero-order chi connectivity index (χ0) is 19.5. The molecule has 1 saturated carbocycles. The molecule has 4 rings (SSSR count). The van der Waals surface area contributed by atoms with Gasteiger partial charge in [0.2, 0.25) is 5.91 Å². The lowest BCUT2D eigenvalue weighted by Crippen LogP contribution is -2.46. The number of rotatable bonds is 5. The van der Waals surface area contributed by atoms with Gasteiger partial charge in [-0.25, -0.2) is 4.79 Å². The van der Waals surface area contributed by atoms with E-state index in [0.717, 1.165) is 42.8 Å². The zero-order valence-electron chi connectivity index (χ0n) is 16.3. The normalized spacial score (nSPS) is 24.0. The second kappa shape index (κ2) is 8.21. The minimum Gasteiger partial charge on any atom is -0.467 e. The Morgan fingerprint density at radius 3 is 2.68 bits per heavy atom. The van der Waals surface area contributed by atoms with Crippen LogP contribution in [0.3, 0.4) is 0 Å². The first-order valence-electron chi connectivity index (χ1n) is 10.2. The molecule has 2 fully saturated rings. The second-order valence-electron chi connectivity index (χ2n) is 7.82. The number of esters is 1. The van der Waals surface area contributed by atoms with Crippen molar-refractivity contribution in [3.05, 3.63) is 48.2 Å². The van der Waals surface area contributed by atoms with Crippen molar-refractivity contribution in [1.29, 1.82) is 0 Å². The Labute approximate surface area is 165 Å². The molecule has 3 atom stereocenters. The summed E-state index contributed by atoms with van der Waals surface area (Å²) in [5, 5.41) is 0. The van der Waals surface area contributed by atoms with E-state index in [4.69, 9.17) is 9.15 Å². The molecule has 1 aromatic carbocycles. The van der Waals surface area contributed by atoms with Gasteiger partial charge in [-0.3, -0.25) is 4.79 Å². The maximum absolute atomic E-state index is 13.1. The molecule has 0 N–H and O–H groups in total. The van der Waals surface area contributed by atoms with Crippen LogP contribution in [0, 0.1) is 5.92 Å². The molecule has 28 heavy (non-hydrogen) atoms. The van der Waals surface area contributed by atoms with Crippen LogP contribution >= 0.6 is 0 Å². The van der Waals surface area contributed by atoms with Crippen LogP contribution in [0.5, 0.6) is 0 Å². The van der Waals surface area contributed by atoms with Crippen LogP contribution in [0.25, 0.3) is 11.3 Å². The Kier molecular flexibility index (Phi) is 5.51. The third kappa shape index (κ3) is 3.71. The monoisotopic (exact) mass is 381 g/mol. The summed E-state index contributed by atoms with van der Waals surface area (Å²) < 4.78 is 10.9. The van der Waals surface area contributed by atoms with Gasteiger partial charge in [-0.2, -0.15) is 0 Å². The summed E-state index contributed by atoms with van der Waals surface area (Å²) >= 11 is 0. The van der Waals surface area contributed by atoms with Crippen LogP contribution in [0.2, 0.25) is 0 Å². The van der Waals surface area contributed by atoms with Crippen LogP contribution in [0.1, 0.15) is 44.3 Å². The molecule has 0 spiro atoms. The molecule has 1 aliphatic carbocycles. The van der Waals surface area contributed by atoms with Gasteiger partial charge in [0.15, 0.2) is 0 Å². The summed E-state index contributed by atoms with van der Waals surface area (Å²) in [7, 11) is 1.40. The van der Waals surface area contributed by atoms with Gasteiger partial charge in [0, 0.05) is 24.4 Å². The van der Waals surface area contributed by atoms with E-state index in [9.17, 15) is 9.59 Å². The Bertz CT molecular complexity index is 828. The molecule has 0 bridgehead atoms. The molecule has 1 saturated heterocycles. The van der Waals surface area contributed by atoms with E-state index in [-0.39, 0.29) is 17.9 Å². The van der Waals surface area contributed by atoms with Crippen molar-refractivity contribution < 1.29 is 18.7 Å². The fourth-order valence-corrected chi connectivity index (χ4v) is 4.79. The molecule has 5 nitrogen and oxygen atoms in total. The van der Waals surface area contributed by atoms with Crippen LogP contribution in [-0.2, 0) is 20.7 Å². The number of hydrogen-bond acceptors (Lipinski definition) is 4. The fourth-order valence-electron chi connectivity index (χ4n) is 4.79. The summed E-state index contributed by atoms with van der Waals surface area (Å²) in [4.78, 5) is 27.2. The van der Waals surface area contributed by atoms with Crippen molar-refractivity contribution in [3.8, 4) is 11.3 Å². The first kappa shape index (κ1) is 18.8. The number of furan rings is 1. The molecular formula is C23H27NO4. The summed E-state index contributed by atoms with van der Waals surface area (Å²) in [6.07, 6.45) is 6.01. The van der Waals surface area contributed by atoms with Gasteiger partial charge in [-0.15, -0.1) is 0 Å². The van der Waals surface area contributed by atoms with E-state index in [0.29, 0.717) is 18.8 Å². The van der Waals surface area contributed by atoms with Crippen molar-refractivity contribution in [3.63, 3.8) is 0 Å². The highest BCUT2D eigenvalue weighted by Crippen LogP contribution is 2.40. The highest BCUT2D eigenvalue weighted by atomic mass is 16.5. The Morgan fingerprint density at radius 1 is 1.11 bits per heavy atom. The molecule has 0 radical (unpaired) electrons. The van der Waals surface area contributed by atoms with Crippen LogP contribution < -0.4 is 0 Å². The topological polar surface area (TPSA) is 59.8 Å².